The molecule has 19 heavy (non-hydrogen) atoms. The lowest BCUT2D eigenvalue weighted by atomic mass is 10.1. The van der Waals surface area contributed by atoms with Gasteiger partial charge in [0, 0.05) is 10.2 Å². The van der Waals surface area contributed by atoms with Gasteiger partial charge in [0.05, 0.1) is 4.88 Å². The molecule has 0 saturated heterocycles. The van der Waals surface area contributed by atoms with Crippen LogP contribution in [-0.2, 0) is 5.54 Å². The highest BCUT2D eigenvalue weighted by Crippen LogP contribution is 2.34. The smallest absolute Gasteiger partial charge is 0.195 e. The highest BCUT2D eigenvalue weighted by molar-refractivity contribution is 7.71. The van der Waals surface area contributed by atoms with Crippen LogP contribution in [0.2, 0.25) is 0 Å². The van der Waals surface area contributed by atoms with Gasteiger partial charge < -0.3 is 0 Å². The molecular weight excluding hydrogens is 274 g/mol. The largest absolute Gasteiger partial charge is 0.294 e. The van der Waals surface area contributed by atoms with E-state index in [0.717, 1.165) is 10.7 Å². The summed E-state index contributed by atoms with van der Waals surface area (Å²) in [6.45, 7) is 6.40. The van der Waals surface area contributed by atoms with Crippen molar-refractivity contribution in [1.82, 2.24) is 14.8 Å². The topological polar surface area (TPSA) is 33.6 Å². The molecule has 0 aliphatic rings. The summed E-state index contributed by atoms with van der Waals surface area (Å²) in [5.41, 5.74) is -0.0877. The second kappa shape index (κ2) is 4.28. The van der Waals surface area contributed by atoms with Crippen LogP contribution in [0.3, 0.4) is 0 Å². The van der Waals surface area contributed by atoms with Gasteiger partial charge in [0.15, 0.2) is 10.6 Å². The number of fused-ring (bicyclic) bond motifs is 1. The van der Waals surface area contributed by atoms with E-state index >= 15 is 0 Å². The molecule has 0 unspecified atom stereocenters. The second-order valence-corrected chi connectivity index (χ2v) is 6.98. The first-order valence-corrected chi connectivity index (χ1v) is 7.36. The normalized spacial score (nSPS) is 12.2. The fraction of sp³-hybridized carbons (Fsp3) is 0.286. The Hall–Kier alpha value is -1.46. The molecule has 2 aromatic heterocycles. The molecular formula is C14H15N3S2. The van der Waals surface area contributed by atoms with E-state index in [1.165, 1.54) is 10.1 Å². The number of nitrogens with one attached hydrogen (secondary N) is 1. The van der Waals surface area contributed by atoms with E-state index in [2.05, 4.69) is 65.9 Å². The second-order valence-electron chi connectivity index (χ2n) is 5.51. The summed E-state index contributed by atoms with van der Waals surface area (Å²) in [5, 5.41) is 8.56. The van der Waals surface area contributed by atoms with Crippen molar-refractivity contribution in [2.75, 3.05) is 0 Å². The number of aromatic amines is 1. The van der Waals surface area contributed by atoms with Crippen molar-refractivity contribution in [1.29, 1.82) is 0 Å². The molecule has 3 nitrogen and oxygen atoms in total. The molecule has 1 N–H and O–H groups in total. The van der Waals surface area contributed by atoms with Gasteiger partial charge in [-0.15, -0.1) is 11.3 Å². The molecule has 0 aliphatic carbocycles. The van der Waals surface area contributed by atoms with Crippen molar-refractivity contribution >= 4 is 33.6 Å². The predicted molar refractivity (Wildman–Crippen MR) is 83.2 cm³/mol. The van der Waals surface area contributed by atoms with Gasteiger partial charge in [-0.25, -0.2) is 0 Å². The Balaban J connectivity index is 2.25. The molecule has 0 radical (unpaired) electrons. The molecule has 0 aliphatic heterocycles. The van der Waals surface area contributed by atoms with Crippen LogP contribution in [0.15, 0.2) is 30.3 Å². The molecule has 5 heteroatoms. The summed E-state index contributed by atoms with van der Waals surface area (Å²) in [6.07, 6.45) is 0. The van der Waals surface area contributed by atoms with E-state index in [4.69, 9.17) is 12.2 Å². The maximum atomic E-state index is 5.35. The number of H-pyrrole nitrogens is 1. The maximum Gasteiger partial charge on any atom is 0.195 e. The number of hydrogen-bond acceptors (Lipinski definition) is 3. The van der Waals surface area contributed by atoms with E-state index in [1.54, 1.807) is 11.3 Å². The molecule has 0 fully saturated rings. The lowest BCUT2D eigenvalue weighted by Crippen LogP contribution is -2.22. The SMILES string of the molecule is CC(C)(C)n1c(-c2cc3ccccc3s2)n[nH]c1=S. The standard InChI is InChI=1S/C14H15N3S2/c1-14(2,3)17-12(15-16-13(17)18)11-8-9-6-4-5-7-10(9)19-11/h4-8H,1-3H3,(H,16,18). The quantitative estimate of drug-likeness (QED) is 0.665. The number of nitrogens with zero attached hydrogens (tertiary/aromatic N) is 2. The molecule has 3 aromatic rings. The van der Waals surface area contributed by atoms with Gasteiger partial charge in [-0.1, -0.05) is 18.2 Å². The third-order valence-electron chi connectivity index (χ3n) is 2.99. The Labute approximate surface area is 120 Å². The van der Waals surface area contributed by atoms with Gasteiger partial charge in [0.25, 0.3) is 0 Å². The highest BCUT2D eigenvalue weighted by Gasteiger charge is 2.21. The average molecular weight is 289 g/mol. The van der Waals surface area contributed by atoms with Crippen molar-refractivity contribution in [3.05, 3.63) is 35.1 Å². The molecule has 98 valence electrons. The van der Waals surface area contributed by atoms with Crippen LogP contribution >= 0.6 is 23.6 Å². The van der Waals surface area contributed by atoms with Crippen LogP contribution < -0.4 is 0 Å². The molecule has 0 saturated carbocycles. The lowest BCUT2D eigenvalue weighted by Gasteiger charge is -2.21. The first-order chi connectivity index (χ1) is 8.97. The first-order valence-electron chi connectivity index (χ1n) is 6.14. The van der Waals surface area contributed by atoms with Crippen LogP contribution in [0.1, 0.15) is 20.8 Å². The third-order valence-corrected chi connectivity index (χ3v) is 4.37. The number of thiophene rings is 1. The van der Waals surface area contributed by atoms with Crippen molar-refractivity contribution in [3.63, 3.8) is 0 Å². The van der Waals surface area contributed by atoms with Gasteiger partial charge in [0.2, 0.25) is 0 Å². The van der Waals surface area contributed by atoms with E-state index in [0.29, 0.717) is 4.77 Å². The van der Waals surface area contributed by atoms with Gasteiger partial charge in [-0.2, -0.15) is 5.10 Å². The summed E-state index contributed by atoms with van der Waals surface area (Å²) in [5.74, 6) is 0.915. The maximum absolute atomic E-state index is 5.35. The minimum atomic E-state index is -0.0877. The van der Waals surface area contributed by atoms with Gasteiger partial charge in [-0.05, 0) is 50.5 Å². The summed E-state index contributed by atoms with van der Waals surface area (Å²) in [7, 11) is 0. The molecule has 0 bridgehead atoms. The van der Waals surface area contributed by atoms with Crippen molar-refractivity contribution in [2.45, 2.75) is 26.3 Å². The molecule has 0 amide bonds. The highest BCUT2D eigenvalue weighted by atomic mass is 32.1. The van der Waals surface area contributed by atoms with E-state index < -0.39 is 0 Å². The summed E-state index contributed by atoms with van der Waals surface area (Å²) in [4.78, 5) is 1.14. The molecule has 2 heterocycles. The first kappa shape index (κ1) is 12.6. The van der Waals surface area contributed by atoms with Gasteiger partial charge >= 0.3 is 0 Å². The van der Waals surface area contributed by atoms with E-state index in [1.807, 2.05) is 0 Å². The Bertz CT molecular complexity index is 754. The van der Waals surface area contributed by atoms with Crippen LogP contribution in [0.5, 0.6) is 0 Å². The Kier molecular flexibility index (Phi) is 2.83. The number of rotatable bonds is 1. The summed E-state index contributed by atoms with van der Waals surface area (Å²) >= 11 is 7.10. The number of benzene rings is 1. The number of hydrogen-bond donors (Lipinski definition) is 1. The zero-order valence-corrected chi connectivity index (χ0v) is 12.7. The zero-order chi connectivity index (χ0) is 13.6. The van der Waals surface area contributed by atoms with Crippen LogP contribution in [-0.4, -0.2) is 14.8 Å². The fourth-order valence-electron chi connectivity index (χ4n) is 2.18. The van der Waals surface area contributed by atoms with Crippen LogP contribution in [0.25, 0.3) is 20.8 Å². The third kappa shape index (κ3) is 2.13. The summed E-state index contributed by atoms with van der Waals surface area (Å²) in [6, 6.07) is 10.5. The van der Waals surface area contributed by atoms with Gasteiger partial charge in [0.1, 0.15) is 0 Å². The van der Waals surface area contributed by atoms with E-state index in [9.17, 15) is 0 Å². The van der Waals surface area contributed by atoms with E-state index in [-0.39, 0.29) is 5.54 Å². The monoisotopic (exact) mass is 289 g/mol. The molecule has 1 aromatic carbocycles. The number of aromatic nitrogens is 3. The summed E-state index contributed by atoms with van der Waals surface area (Å²) < 4.78 is 4.01. The zero-order valence-electron chi connectivity index (χ0n) is 11.1. The predicted octanol–water partition coefficient (Wildman–Crippen LogP) is 4.58. The van der Waals surface area contributed by atoms with Crippen molar-refractivity contribution in [3.8, 4) is 10.7 Å². The molecule has 3 rings (SSSR count). The molecule has 0 spiro atoms. The Morgan fingerprint density at radius 2 is 2.00 bits per heavy atom. The van der Waals surface area contributed by atoms with Gasteiger partial charge in [-0.3, -0.25) is 9.67 Å². The fourth-order valence-corrected chi connectivity index (χ4v) is 3.63. The van der Waals surface area contributed by atoms with Crippen LogP contribution in [0, 0.1) is 4.77 Å². The minimum Gasteiger partial charge on any atom is -0.294 e. The molecule has 0 atom stereocenters. The lowest BCUT2D eigenvalue weighted by molar-refractivity contribution is 0.396. The van der Waals surface area contributed by atoms with Crippen molar-refractivity contribution < 1.29 is 0 Å². The van der Waals surface area contributed by atoms with Crippen molar-refractivity contribution in [2.24, 2.45) is 0 Å². The Morgan fingerprint density at radius 1 is 1.26 bits per heavy atom. The Morgan fingerprint density at radius 3 is 2.68 bits per heavy atom. The minimum absolute atomic E-state index is 0.0877. The van der Waals surface area contributed by atoms with Crippen LogP contribution in [0.4, 0.5) is 0 Å². The average Bonchev–Trinajstić information content (AvgIpc) is 2.90.